The maximum atomic E-state index is 13.2. The Bertz CT molecular complexity index is 695. The molecule has 3 rings (SSSR count). The molecule has 112 valence electrons. The average molecular weight is 329 g/mol. The summed E-state index contributed by atoms with van der Waals surface area (Å²) in [6, 6.07) is 5.03. The van der Waals surface area contributed by atoms with E-state index in [0.29, 0.717) is 12.1 Å². The smallest absolute Gasteiger partial charge is 0.126 e. The zero-order valence-corrected chi connectivity index (χ0v) is 12.9. The molecule has 0 bridgehead atoms. The molecule has 1 N–H and O–H groups in total. The molecule has 0 atom stereocenters. The van der Waals surface area contributed by atoms with Crippen LogP contribution >= 0.6 is 24.8 Å². The standard InChI is InChI=1S/C14H13FN4.2ClH/c1-10-6-11(2-3-12(10)15)13-7-17-14(18-13)8-19-5-4-16-9-19;;/h2-7,9H,8H2,1H3,(H,17,18);2*1H. The number of aryl methyl sites for hydroxylation is 1. The highest BCUT2D eigenvalue weighted by molar-refractivity contribution is 5.85. The number of rotatable bonds is 3. The van der Waals surface area contributed by atoms with Gasteiger partial charge in [0.25, 0.3) is 0 Å². The molecule has 3 aromatic rings. The molecule has 0 aliphatic rings. The van der Waals surface area contributed by atoms with Crippen molar-refractivity contribution in [2.45, 2.75) is 13.5 Å². The molecule has 0 fully saturated rings. The molecule has 0 aliphatic heterocycles. The van der Waals surface area contributed by atoms with Crippen LogP contribution in [0, 0.1) is 12.7 Å². The molecule has 0 amide bonds. The van der Waals surface area contributed by atoms with Crippen LogP contribution in [0.5, 0.6) is 0 Å². The highest BCUT2D eigenvalue weighted by Crippen LogP contribution is 2.20. The Balaban J connectivity index is 0.00000110. The Kier molecular flexibility index (Phi) is 5.93. The molecule has 0 radical (unpaired) electrons. The molecule has 0 unspecified atom stereocenters. The van der Waals surface area contributed by atoms with Crippen molar-refractivity contribution in [3.8, 4) is 11.3 Å². The lowest BCUT2D eigenvalue weighted by Crippen LogP contribution is -1.98. The van der Waals surface area contributed by atoms with E-state index in [1.54, 1.807) is 31.7 Å². The normalized spacial score (nSPS) is 9.81. The third-order valence-corrected chi connectivity index (χ3v) is 2.99. The van der Waals surface area contributed by atoms with Crippen molar-refractivity contribution in [3.05, 3.63) is 60.3 Å². The Hall–Kier alpha value is -1.85. The molecule has 7 heteroatoms. The summed E-state index contributed by atoms with van der Waals surface area (Å²) in [7, 11) is 0. The highest BCUT2D eigenvalue weighted by Gasteiger charge is 2.05. The van der Waals surface area contributed by atoms with Crippen molar-refractivity contribution in [1.29, 1.82) is 0 Å². The second kappa shape index (κ2) is 7.24. The predicted molar refractivity (Wildman–Crippen MR) is 84.5 cm³/mol. The summed E-state index contributed by atoms with van der Waals surface area (Å²) in [5.41, 5.74) is 2.45. The summed E-state index contributed by atoms with van der Waals surface area (Å²) >= 11 is 0. The van der Waals surface area contributed by atoms with E-state index in [9.17, 15) is 4.39 Å². The topological polar surface area (TPSA) is 46.5 Å². The van der Waals surface area contributed by atoms with Crippen LogP contribution in [0.15, 0.2) is 43.1 Å². The molecular formula is C14H15Cl2FN4. The number of aromatic amines is 1. The second-order valence-electron chi connectivity index (χ2n) is 4.44. The molecule has 2 heterocycles. The lowest BCUT2D eigenvalue weighted by atomic mass is 10.1. The molecule has 0 spiro atoms. The SMILES string of the molecule is Cc1cc(-c2cnc(Cn3ccnc3)[nH]2)ccc1F.Cl.Cl. The Morgan fingerprint density at radius 3 is 2.76 bits per heavy atom. The van der Waals surface area contributed by atoms with E-state index in [2.05, 4.69) is 15.0 Å². The molecule has 2 aromatic heterocycles. The maximum absolute atomic E-state index is 13.2. The zero-order valence-electron chi connectivity index (χ0n) is 11.3. The van der Waals surface area contributed by atoms with Gasteiger partial charge in [0.2, 0.25) is 0 Å². The number of H-pyrrole nitrogens is 1. The molecule has 0 saturated heterocycles. The summed E-state index contributed by atoms with van der Waals surface area (Å²) in [6.45, 7) is 2.39. The van der Waals surface area contributed by atoms with Gasteiger partial charge >= 0.3 is 0 Å². The fourth-order valence-electron chi connectivity index (χ4n) is 1.95. The molecule has 21 heavy (non-hydrogen) atoms. The van der Waals surface area contributed by atoms with Crippen LogP contribution < -0.4 is 0 Å². The van der Waals surface area contributed by atoms with Gasteiger partial charge in [-0.15, -0.1) is 24.8 Å². The lowest BCUT2D eigenvalue weighted by Gasteiger charge is -2.01. The summed E-state index contributed by atoms with van der Waals surface area (Å²) in [6.07, 6.45) is 7.11. The number of benzene rings is 1. The third kappa shape index (κ3) is 3.83. The first-order valence-electron chi connectivity index (χ1n) is 5.98. The quantitative estimate of drug-likeness (QED) is 0.798. The van der Waals surface area contributed by atoms with Crippen LogP contribution in [0.2, 0.25) is 0 Å². The van der Waals surface area contributed by atoms with Gasteiger partial charge in [-0.25, -0.2) is 14.4 Å². The van der Waals surface area contributed by atoms with E-state index >= 15 is 0 Å². The van der Waals surface area contributed by atoms with Gasteiger partial charge in [0.15, 0.2) is 0 Å². The Morgan fingerprint density at radius 1 is 1.29 bits per heavy atom. The first kappa shape index (κ1) is 17.2. The molecule has 1 aromatic carbocycles. The van der Waals surface area contributed by atoms with Gasteiger partial charge in [-0.1, -0.05) is 0 Å². The van der Waals surface area contributed by atoms with E-state index in [4.69, 9.17) is 0 Å². The summed E-state index contributed by atoms with van der Waals surface area (Å²) in [4.78, 5) is 11.5. The van der Waals surface area contributed by atoms with Gasteiger partial charge in [0, 0.05) is 18.0 Å². The predicted octanol–water partition coefficient (Wildman–Crippen LogP) is 3.61. The van der Waals surface area contributed by atoms with E-state index in [1.807, 2.05) is 16.8 Å². The van der Waals surface area contributed by atoms with Crippen LogP contribution in [0.1, 0.15) is 11.4 Å². The van der Waals surface area contributed by atoms with Gasteiger partial charge in [0.1, 0.15) is 11.6 Å². The minimum Gasteiger partial charge on any atom is -0.340 e. The van der Waals surface area contributed by atoms with Gasteiger partial charge in [-0.05, 0) is 30.7 Å². The number of nitrogens with one attached hydrogen (secondary N) is 1. The van der Waals surface area contributed by atoms with Crippen LogP contribution in [-0.4, -0.2) is 19.5 Å². The fraction of sp³-hybridized carbons (Fsp3) is 0.143. The van der Waals surface area contributed by atoms with Crippen LogP contribution in [0.25, 0.3) is 11.3 Å². The van der Waals surface area contributed by atoms with Crippen LogP contribution in [0.4, 0.5) is 4.39 Å². The van der Waals surface area contributed by atoms with Gasteiger partial charge < -0.3 is 9.55 Å². The van der Waals surface area contributed by atoms with Crippen LogP contribution in [-0.2, 0) is 6.54 Å². The minimum atomic E-state index is -0.193. The van der Waals surface area contributed by atoms with Crippen molar-refractivity contribution in [1.82, 2.24) is 19.5 Å². The Morgan fingerprint density at radius 2 is 2.10 bits per heavy atom. The molecule has 0 aliphatic carbocycles. The highest BCUT2D eigenvalue weighted by atomic mass is 35.5. The lowest BCUT2D eigenvalue weighted by molar-refractivity contribution is 0.619. The van der Waals surface area contributed by atoms with Crippen molar-refractivity contribution in [2.24, 2.45) is 0 Å². The number of hydrogen-bond donors (Lipinski definition) is 1. The van der Waals surface area contributed by atoms with Crippen LogP contribution in [0.3, 0.4) is 0 Å². The third-order valence-electron chi connectivity index (χ3n) is 2.99. The zero-order chi connectivity index (χ0) is 13.2. The van der Waals surface area contributed by atoms with Gasteiger partial charge in [-0.2, -0.15) is 0 Å². The van der Waals surface area contributed by atoms with Crippen molar-refractivity contribution >= 4 is 24.8 Å². The van der Waals surface area contributed by atoms with Gasteiger partial charge in [0.05, 0.1) is 24.8 Å². The van der Waals surface area contributed by atoms with Crippen molar-refractivity contribution < 1.29 is 4.39 Å². The fourth-order valence-corrected chi connectivity index (χ4v) is 1.95. The Labute approximate surface area is 134 Å². The van der Waals surface area contributed by atoms with Crippen molar-refractivity contribution in [2.75, 3.05) is 0 Å². The van der Waals surface area contributed by atoms with Crippen molar-refractivity contribution in [3.63, 3.8) is 0 Å². The number of aromatic nitrogens is 4. The van der Waals surface area contributed by atoms with Gasteiger partial charge in [-0.3, -0.25) is 0 Å². The van der Waals surface area contributed by atoms with E-state index in [1.165, 1.54) is 6.07 Å². The first-order chi connectivity index (χ1) is 9.22. The number of halogens is 3. The van der Waals surface area contributed by atoms with E-state index in [-0.39, 0.29) is 30.6 Å². The minimum absolute atomic E-state index is 0. The summed E-state index contributed by atoms with van der Waals surface area (Å²) in [5.74, 6) is 0.650. The number of imidazole rings is 2. The van der Waals surface area contributed by atoms with E-state index < -0.39 is 0 Å². The average Bonchev–Trinajstić information content (AvgIpc) is 3.05. The second-order valence-corrected chi connectivity index (χ2v) is 4.44. The monoisotopic (exact) mass is 328 g/mol. The summed E-state index contributed by atoms with van der Waals surface area (Å²) in [5, 5.41) is 0. The molecule has 0 saturated carbocycles. The first-order valence-corrected chi connectivity index (χ1v) is 5.98. The summed E-state index contributed by atoms with van der Waals surface area (Å²) < 4.78 is 15.2. The van der Waals surface area contributed by atoms with E-state index in [0.717, 1.165) is 17.1 Å². The molecule has 4 nitrogen and oxygen atoms in total. The molecular weight excluding hydrogens is 314 g/mol. The number of nitrogens with zero attached hydrogens (tertiary/aromatic N) is 3. The largest absolute Gasteiger partial charge is 0.340 e. The number of hydrogen-bond acceptors (Lipinski definition) is 2. The maximum Gasteiger partial charge on any atom is 0.126 e.